The highest BCUT2D eigenvalue weighted by Crippen LogP contribution is 2.36. The Morgan fingerprint density at radius 2 is 1.93 bits per heavy atom. The van der Waals surface area contributed by atoms with E-state index < -0.39 is 0 Å². The van der Waals surface area contributed by atoms with Crippen LogP contribution in [0.3, 0.4) is 0 Å². The predicted molar refractivity (Wildman–Crippen MR) is 103 cm³/mol. The Balaban J connectivity index is 1.92. The van der Waals surface area contributed by atoms with Crippen LogP contribution < -0.4 is 5.48 Å². The molecule has 3 aromatic rings. The molecule has 2 aromatic carbocycles. The molecule has 1 heterocycles. The van der Waals surface area contributed by atoms with Crippen LogP contribution in [0.4, 0.5) is 4.39 Å². The fraction of sp³-hybridized carbons (Fsp3) is 0.182. The average Bonchev–Trinajstić information content (AvgIpc) is 2.68. The van der Waals surface area contributed by atoms with E-state index in [2.05, 4.69) is 5.48 Å². The van der Waals surface area contributed by atoms with Crippen molar-refractivity contribution in [1.29, 1.82) is 0 Å². The lowest BCUT2D eigenvalue weighted by Crippen LogP contribution is -2.25. The molecule has 1 aliphatic rings. The van der Waals surface area contributed by atoms with Crippen LogP contribution in [0.5, 0.6) is 0 Å². The molecule has 1 N–H and O–H groups in total. The van der Waals surface area contributed by atoms with E-state index in [9.17, 15) is 9.18 Å². The molecule has 0 radical (unpaired) electrons. The molecule has 0 bridgehead atoms. The van der Waals surface area contributed by atoms with Crippen molar-refractivity contribution in [2.75, 3.05) is 7.11 Å². The van der Waals surface area contributed by atoms with Crippen LogP contribution in [-0.4, -0.2) is 18.0 Å². The topological polar surface area (TPSA) is 51.2 Å². The smallest absolute Gasteiger partial charge is 0.275 e. The molecule has 0 unspecified atom stereocenters. The number of hydrogen-bond donors (Lipinski definition) is 1. The monoisotopic (exact) mass is 362 g/mol. The van der Waals surface area contributed by atoms with Gasteiger partial charge in [0.1, 0.15) is 5.82 Å². The van der Waals surface area contributed by atoms with Gasteiger partial charge in [-0.15, -0.1) is 0 Å². The quantitative estimate of drug-likeness (QED) is 0.696. The maximum atomic E-state index is 13.2. The minimum absolute atomic E-state index is 0.260. The summed E-state index contributed by atoms with van der Waals surface area (Å²) in [6, 6.07) is 14.0. The molecule has 1 aromatic heterocycles. The van der Waals surface area contributed by atoms with Crippen molar-refractivity contribution in [1.82, 2.24) is 10.5 Å². The zero-order chi connectivity index (χ0) is 18.8. The molecule has 1 aliphatic carbocycles. The summed E-state index contributed by atoms with van der Waals surface area (Å²) in [5, 5.41) is 0.814. The molecule has 0 saturated carbocycles. The molecule has 0 aliphatic heterocycles. The average molecular weight is 362 g/mol. The number of pyridine rings is 1. The van der Waals surface area contributed by atoms with E-state index in [0.717, 1.165) is 52.6 Å². The SMILES string of the molecule is CONC(=O)c1c2c(nc3ccccc13)/C(=C/c1ccc(F)cc1)CCC2. The third-order valence-electron chi connectivity index (χ3n) is 4.80. The van der Waals surface area contributed by atoms with Crippen molar-refractivity contribution in [3.63, 3.8) is 0 Å². The minimum Gasteiger partial charge on any atom is -0.277 e. The molecule has 0 atom stereocenters. The Kier molecular flexibility index (Phi) is 4.69. The van der Waals surface area contributed by atoms with Gasteiger partial charge in [0.15, 0.2) is 0 Å². The number of carbonyl (C=O) groups excluding carboxylic acids is 1. The summed E-state index contributed by atoms with van der Waals surface area (Å²) in [6.45, 7) is 0. The first-order valence-electron chi connectivity index (χ1n) is 8.89. The molecule has 0 fully saturated rings. The maximum absolute atomic E-state index is 13.2. The maximum Gasteiger partial charge on any atom is 0.275 e. The molecular weight excluding hydrogens is 343 g/mol. The third kappa shape index (κ3) is 3.34. The van der Waals surface area contributed by atoms with Crippen molar-refractivity contribution in [3.05, 3.63) is 76.7 Å². The van der Waals surface area contributed by atoms with Gasteiger partial charge < -0.3 is 0 Å². The summed E-state index contributed by atoms with van der Waals surface area (Å²) in [6.07, 6.45) is 4.59. The summed E-state index contributed by atoms with van der Waals surface area (Å²) in [4.78, 5) is 22.4. The second-order valence-electron chi connectivity index (χ2n) is 6.54. The van der Waals surface area contributed by atoms with E-state index in [4.69, 9.17) is 9.82 Å². The number of halogens is 1. The number of allylic oxidation sites excluding steroid dienone is 1. The van der Waals surface area contributed by atoms with Gasteiger partial charge in [0.05, 0.1) is 23.9 Å². The molecule has 5 heteroatoms. The molecule has 0 spiro atoms. The van der Waals surface area contributed by atoms with E-state index >= 15 is 0 Å². The second-order valence-corrected chi connectivity index (χ2v) is 6.54. The van der Waals surface area contributed by atoms with E-state index in [1.165, 1.54) is 19.2 Å². The van der Waals surface area contributed by atoms with Gasteiger partial charge in [0, 0.05) is 5.39 Å². The Bertz CT molecular complexity index is 1040. The van der Waals surface area contributed by atoms with Gasteiger partial charge >= 0.3 is 0 Å². The Morgan fingerprint density at radius 3 is 2.70 bits per heavy atom. The highest BCUT2D eigenvalue weighted by Gasteiger charge is 2.25. The van der Waals surface area contributed by atoms with Gasteiger partial charge in [0.2, 0.25) is 0 Å². The molecule has 4 rings (SSSR count). The fourth-order valence-corrected chi connectivity index (χ4v) is 3.64. The van der Waals surface area contributed by atoms with Crippen molar-refractivity contribution in [3.8, 4) is 0 Å². The van der Waals surface area contributed by atoms with Gasteiger partial charge in [-0.1, -0.05) is 30.3 Å². The minimum atomic E-state index is -0.268. The number of nitrogens with zero attached hydrogens (tertiary/aromatic N) is 1. The van der Waals surface area contributed by atoms with Gasteiger partial charge in [0.25, 0.3) is 5.91 Å². The van der Waals surface area contributed by atoms with Crippen molar-refractivity contribution >= 4 is 28.5 Å². The lowest BCUT2D eigenvalue weighted by atomic mass is 9.85. The molecule has 136 valence electrons. The first-order valence-corrected chi connectivity index (χ1v) is 8.89. The number of hydroxylamine groups is 1. The van der Waals surface area contributed by atoms with Crippen LogP contribution in [0.2, 0.25) is 0 Å². The van der Waals surface area contributed by atoms with Crippen LogP contribution in [0, 0.1) is 5.82 Å². The number of aromatic nitrogens is 1. The second kappa shape index (κ2) is 7.29. The number of hydrogen-bond acceptors (Lipinski definition) is 3. The van der Waals surface area contributed by atoms with Crippen molar-refractivity contribution in [2.24, 2.45) is 0 Å². The third-order valence-corrected chi connectivity index (χ3v) is 4.80. The van der Waals surface area contributed by atoms with Crippen molar-refractivity contribution in [2.45, 2.75) is 19.3 Å². The molecular formula is C22H19FN2O2. The first kappa shape index (κ1) is 17.4. The number of para-hydroxylation sites is 1. The number of fused-ring (bicyclic) bond motifs is 2. The zero-order valence-corrected chi connectivity index (χ0v) is 15.0. The van der Waals surface area contributed by atoms with Gasteiger partial charge in [-0.3, -0.25) is 9.63 Å². The summed E-state index contributed by atoms with van der Waals surface area (Å²) >= 11 is 0. The first-order chi connectivity index (χ1) is 13.2. The van der Waals surface area contributed by atoms with Gasteiger partial charge in [-0.25, -0.2) is 14.9 Å². The number of carbonyl (C=O) groups is 1. The lowest BCUT2D eigenvalue weighted by molar-refractivity contribution is 0.0538. The van der Waals surface area contributed by atoms with Crippen LogP contribution in [0.15, 0.2) is 48.5 Å². The highest BCUT2D eigenvalue weighted by molar-refractivity contribution is 6.08. The highest BCUT2D eigenvalue weighted by atomic mass is 19.1. The van der Waals surface area contributed by atoms with E-state index in [0.29, 0.717) is 5.56 Å². The predicted octanol–water partition coefficient (Wildman–Crippen LogP) is 4.54. The molecule has 0 saturated heterocycles. The molecule has 4 nitrogen and oxygen atoms in total. The number of rotatable bonds is 3. The summed E-state index contributed by atoms with van der Waals surface area (Å²) in [5.74, 6) is -0.529. The standard InChI is InChI=1S/C22H19FN2O2/c1-27-25-22(26)20-17-6-2-3-8-19(17)24-21-15(5-4-7-18(20)21)13-14-9-11-16(23)12-10-14/h2-3,6,8-13H,4-5,7H2,1H3,(H,25,26)/b15-13+. The summed E-state index contributed by atoms with van der Waals surface area (Å²) < 4.78 is 13.2. The van der Waals surface area contributed by atoms with E-state index in [-0.39, 0.29) is 11.7 Å². The number of amides is 1. The largest absolute Gasteiger partial charge is 0.277 e. The molecule has 27 heavy (non-hydrogen) atoms. The van der Waals surface area contributed by atoms with E-state index in [1.54, 1.807) is 12.1 Å². The normalized spacial score (nSPS) is 15.0. The Morgan fingerprint density at radius 1 is 1.15 bits per heavy atom. The van der Waals surface area contributed by atoms with Crippen LogP contribution in [-0.2, 0) is 11.3 Å². The van der Waals surface area contributed by atoms with Crippen LogP contribution in [0.1, 0.15) is 40.0 Å². The number of nitrogens with one attached hydrogen (secondary N) is 1. The van der Waals surface area contributed by atoms with Gasteiger partial charge in [-0.05, 0) is 60.2 Å². The number of benzene rings is 2. The Labute approximate surface area is 156 Å². The fourth-order valence-electron chi connectivity index (χ4n) is 3.64. The van der Waals surface area contributed by atoms with Crippen molar-refractivity contribution < 1.29 is 14.0 Å². The van der Waals surface area contributed by atoms with Crippen LogP contribution in [0.25, 0.3) is 22.6 Å². The lowest BCUT2D eigenvalue weighted by Gasteiger charge is -2.22. The molecule has 1 amide bonds. The summed E-state index contributed by atoms with van der Waals surface area (Å²) in [5.41, 5.74) is 7.57. The Hall–Kier alpha value is -3.05. The zero-order valence-electron chi connectivity index (χ0n) is 15.0. The summed E-state index contributed by atoms with van der Waals surface area (Å²) in [7, 11) is 1.42. The van der Waals surface area contributed by atoms with E-state index in [1.807, 2.05) is 30.3 Å². The van der Waals surface area contributed by atoms with Crippen LogP contribution >= 0.6 is 0 Å². The van der Waals surface area contributed by atoms with Gasteiger partial charge in [-0.2, -0.15) is 0 Å².